The van der Waals surface area contributed by atoms with E-state index >= 15 is 0 Å². The van der Waals surface area contributed by atoms with E-state index in [4.69, 9.17) is 47.4 Å². The Kier molecular flexibility index (Phi) is 24.7. The lowest BCUT2D eigenvalue weighted by atomic mass is 9.70. The van der Waals surface area contributed by atoms with Crippen LogP contribution < -0.4 is 10.9 Å². The second kappa shape index (κ2) is 29.8. The summed E-state index contributed by atoms with van der Waals surface area (Å²) in [7, 11) is 7.22. The summed E-state index contributed by atoms with van der Waals surface area (Å²) in [6.45, 7) is 15.6. The van der Waals surface area contributed by atoms with Crippen LogP contribution >= 0.6 is 0 Å². The number of ether oxygens (including phenoxy) is 10. The van der Waals surface area contributed by atoms with Crippen molar-refractivity contribution in [3.05, 3.63) is 112 Å². The lowest BCUT2D eigenvalue weighted by molar-refractivity contribution is -0.399. The summed E-state index contributed by atoms with van der Waals surface area (Å²) < 4.78 is 61.5. The fourth-order valence-electron chi connectivity index (χ4n) is 11.0. The molecule has 0 aliphatic carbocycles. The number of rotatable bonds is 24. The van der Waals surface area contributed by atoms with Crippen LogP contribution in [0.2, 0.25) is 0 Å². The molecular weight excluding hydrogens is 1060 g/mol. The van der Waals surface area contributed by atoms with Crippen molar-refractivity contribution >= 4 is 11.7 Å². The van der Waals surface area contributed by atoms with Gasteiger partial charge in [0.05, 0.1) is 42.5 Å². The number of Topliss-reactive ketones (excluding diaryl/α,β-unsaturated/α-hetero) is 1. The quantitative estimate of drug-likeness (QED) is 0.0419. The van der Waals surface area contributed by atoms with Gasteiger partial charge in [0.2, 0.25) is 11.7 Å². The first-order valence-corrected chi connectivity index (χ1v) is 27.4. The average molecular weight is 1150 g/mol. The first-order valence-electron chi connectivity index (χ1n) is 27.4. The van der Waals surface area contributed by atoms with E-state index in [9.17, 15) is 50.1 Å². The van der Waals surface area contributed by atoms with Crippen LogP contribution in [0.3, 0.4) is 0 Å². The van der Waals surface area contributed by atoms with Crippen molar-refractivity contribution in [1.82, 2.24) is 9.88 Å². The third kappa shape index (κ3) is 15.0. The Morgan fingerprint density at radius 2 is 1.44 bits per heavy atom. The van der Waals surface area contributed by atoms with Gasteiger partial charge in [0.25, 0.3) is 5.56 Å². The van der Waals surface area contributed by atoms with Crippen molar-refractivity contribution < 1.29 is 92.7 Å². The molecule has 1 amide bonds. The van der Waals surface area contributed by atoms with Crippen LogP contribution in [0.15, 0.2) is 101 Å². The maximum Gasteiger partial charge on any atom is 0.265 e. The van der Waals surface area contributed by atoms with Crippen molar-refractivity contribution in [2.24, 2.45) is 24.3 Å². The maximum absolute atomic E-state index is 14.1. The van der Waals surface area contributed by atoms with Crippen LogP contribution in [-0.2, 0) is 59.2 Å². The number of amides is 1. The molecule has 21 unspecified atom stereocenters. The van der Waals surface area contributed by atoms with E-state index in [2.05, 4.69) is 5.32 Å². The molecule has 0 spiro atoms. The third-order valence-corrected chi connectivity index (χ3v) is 15.8. The Labute approximate surface area is 474 Å². The lowest BCUT2D eigenvalue weighted by Gasteiger charge is -2.55. The number of carbonyl (C=O) groups is 2. The summed E-state index contributed by atoms with van der Waals surface area (Å²) in [5.74, 6) is -6.00. The fourth-order valence-corrected chi connectivity index (χ4v) is 11.0. The van der Waals surface area contributed by atoms with Gasteiger partial charge in [0.1, 0.15) is 72.4 Å². The minimum absolute atomic E-state index is 0.000641. The van der Waals surface area contributed by atoms with E-state index in [0.29, 0.717) is 0 Å². The topological polar surface area (TPSA) is 302 Å². The number of aromatic nitrogens is 1. The summed E-state index contributed by atoms with van der Waals surface area (Å²) in [5.41, 5.74) is -1.14. The number of methoxy groups -OCH3 is 4. The summed E-state index contributed by atoms with van der Waals surface area (Å²) in [6.07, 6.45) is 1.89. The van der Waals surface area contributed by atoms with E-state index in [1.807, 2.05) is 20.8 Å². The maximum atomic E-state index is 14.1. The smallest absolute Gasteiger partial charge is 0.265 e. The molecule has 22 nitrogen and oxygen atoms in total. The number of aliphatic hydroxyl groups excluding tert-OH is 5. The van der Waals surface area contributed by atoms with E-state index in [1.54, 1.807) is 101 Å². The van der Waals surface area contributed by atoms with Crippen molar-refractivity contribution in [1.29, 1.82) is 0 Å². The van der Waals surface area contributed by atoms with Gasteiger partial charge in [-0.05, 0) is 58.3 Å². The highest BCUT2D eigenvalue weighted by Gasteiger charge is 2.63. The number of hydrogen-bond acceptors (Lipinski definition) is 20. The van der Waals surface area contributed by atoms with Crippen molar-refractivity contribution in [3.63, 3.8) is 0 Å². The predicted molar refractivity (Wildman–Crippen MR) is 296 cm³/mol. The summed E-state index contributed by atoms with van der Waals surface area (Å²) >= 11 is 0. The van der Waals surface area contributed by atoms with Crippen LogP contribution in [0, 0.1) is 17.3 Å². The molecule has 0 radical (unpaired) electrons. The SMILES string of the molecule is CC=CC=CC1OC(O)(C(CC)C(=O)NCC=CC=C(C)C(OC)C(C)C2OC(C=CC=CC=C(C)C(=O)c3c(O)ccn(C)c3=O)C(O)C2O)C(O)C(OC2OC(C)C(OC3OC(C)C(OC)C(O)C3OC)C(OC)C2O)C1(C)C. The highest BCUT2D eigenvalue weighted by Crippen LogP contribution is 2.47. The largest absolute Gasteiger partial charge is 0.507 e. The molecule has 0 bridgehead atoms. The van der Waals surface area contributed by atoms with E-state index in [0.717, 1.165) is 5.57 Å². The van der Waals surface area contributed by atoms with Gasteiger partial charge in [-0.2, -0.15) is 0 Å². The standard InChI is InChI=1S/C59H88N2O20/c1-15-17-19-27-39-58(8,9)53(80-56-45(67)50(74-13)49(35(7)76-56)79-57-51(75-14)44(66)48(73-12)34(6)77-57)52(68)59(71,81-39)36(16-2)54(69)60-29-23-22-25-32(4)46(72-11)33(5)47-43(65)42(64)38(78-47)26-21-18-20-24-31(3)41(63)40-37(62)28-30-61(10)55(40)70/h15,17-28,30,33-36,38-39,42-53,56-57,62,64-68,71H,16,29H2,1-14H3,(H,60,69). The number of allylic oxidation sites excluding steroid dienone is 10. The molecule has 81 heavy (non-hydrogen) atoms. The van der Waals surface area contributed by atoms with Gasteiger partial charge in [-0.15, -0.1) is 0 Å². The number of aliphatic hydroxyl groups is 6. The average Bonchev–Trinajstić information content (AvgIpc) is 3.72. The van der Waals surface area contributed by atoms with Gasteiger partial charge in [0, 0.05) is 59.6 Å². The number of pyridine rings is 1. The Morgan fingerprint density at radius 1 is 0.802 bits per heavy atom. The molecule has 21 atom stereocenters. The van der Waals surface area contributed by atoms with Gasteiger partial charge in [-0.25, -0.2) is 0 Å². The number of nitrogens with one attached hydrogen (secondary N) is 1. The monoisotopic (exact) mass is 1140 g/mol. The minimum atomic E-state index is -2.53. The van der Waals surface area contributed by atoms with Gasteiger partial charge < -0.3 is 93.0 Å². The van der Waals surface area contributed by atoms with E-state index < -0.39 is 156 Å². The molecule has 22 heteroatoms. The van der Waals surface area contributed by atoms with Gasteiger partial charge in [-0.3, -0.25) is 14.4 Å². The minimum Gasteiger partial charge on any atom is -0.507 e. The molecule has 1 aromatic heterocycles. The zero-order valence-corrected chi connectivity index (χ0v) is 48.9. The normalized spacial score (nSPS) is 36.3. The fraction of sp³-hybridized carbons (Fsp3) is 0.644. The summed E-state index contributed by atoms with van der Waals surface area (Å²) in [4.78, 5) is 39.4. The molecule has 0 saturated carbocycles. The van der Waals surface area contributed by atoms with Crippen molar-refractivity contribution in [2.75, 3.05) is 35.0 Å². The molecular formula is C59H88N2O20. The van der Waals surface area contributed by atoms with Crippen molar-refractivity contribution in [2.45, 2.75) is 185 Å². The zero-order chi connectivity index (χ0) is 60.3. The van der Waals surface area contributed by atoms with Gasteiger partial charge in [-0.1, -0.05) is 101 Å². The van der Waals surface area contributed by atoms with Crippen LogP contribution in [0.25, 0.3) is 0 Å². The highest BCUT2D eigenvalue weighted by atomic mass is 16.8. The number of nitrogens with zero attached hydrogens (tertiary/aromatic N) is 1. The molecule has 5 heterocycles. The molecule has 5 rings (SSSR count). The Bertz CT molecular complexity index is 2520. The number of carbonyl (C=O) groups excluding carboxylic acids is 2. The summed E-state index contributed by atoms with van der Waals surface area (Å²) in [5, 5.41) is 82.6. The van der Waals surface area contributed by atoms with E-state index in [-0.39, 0.29) is 24.1 Å². The zero-order valence-electron chi connectivity index (χ0n) is 48.9. The Balaban J connectivity index is 1.24. The number of aryl methyl sites for hydroxylation is 1. The molecule has 4 aliphatic heterocycles. The van der Waals surface area contributed by atoms with Gasteiger partial charge in [0.15, 0.2) is 18.4 Å². The molecule has 0 aromatic carbocycles. The number of hydrogen-bond donors (Lipinski definition) is 8. The number of aromatic hydroxyl groups is 1. The molecule has 454 valence electrons. The Hall–Kier alpha value is -4.57. The number of ketones is 1. The van der Waals surface area contributed by atoms with Crippen LogP contribution in [0.5, 0.6) is 5.75 Å². The lowest BCUT2D eigenvalue weighted by Crippen LogP contribution is -2.71. The van der Waals surface area contributed by atoms with Crippen LogP contribution in [0.1, 0.15) is 79.1 Å². The molecule has 4 saturated heterocycles. The van der Waals surface area contributed by atoms with Gasteiger partial charge >= 0.3 is 0 Å². The van der Waals surface area contributed by atoms with Crippen molar-refractivity contribution in [3.8, 4) is 5.75 Å². The predicted octanol–water partition coefficient (Wildman–Crippen LogP) is 2.75. The van der Waals surface area contributed by atoms with Crippen LogP contribution in [0.4, 0.5) is 0 Å². The first kappa shape index (κ1) is 67.2. The molecule has 4 fully saturated rings. The second-order valence-corrected chi connectivity index (χ2v) is 21.7. The Morgan fingerprint density at radius 3 is 2.07 bits per heavy atom. The molecule has 4 aliphatic rings. The second-order valence-electron chi connectivity index (χ2n) is 21.7. The van der Waals surface area contributed by atoms with Crippen LogP contribution in [-0.4, -0.2) is 203 Å². The highest BCUT2D eigenvalue weighted by molar-refractivity contribution is 6.09. The molecule has 8 N–H and O–H groups in total. The first-order chi connectivity index (χ1) is 38.3. The summed E-state index contributed by atoms with van der Waals surface area (Å²) in [6, 6.07) is 1.27. The van der Waals surface area contributed by atoms with E-state index in [1.165, 1.54) is 65.3 Å². The molecule has 1 aromatic rings. The third-order valence-electron chi connectivity index (χ3n) is 15.8.